The van der Waals surface area contributed by atoms with Crippen LogP contribution < -0.4 is 5.73 Å². The van der Waals surface area contributed by atoms with E-state index in [4.69, 9.17) is 5.73 Å². The van der Waals surface area contributed by atoms with Crippen molar-refractivity contribution in [2.45, 2.75) is 31.5 Å². The molecule has 76 valence electrons. The van der Waals surface area contributed by atoms with Crippen LogP contribution in [-0.4, -0.2) is 24.0 Å². The van der Waals surface area contributed by atoms with Crippen LogP contribution in [0.25, 0.3) is 0 Å². The van der Waals surface area contributed by atoms with Gasteiger partial charge in [-0.15, -0.1) is 0 Å². The molecule has 0 spiro atoms. The maximum atomic E-state index is 5.77. The number of rotatable bonds is 3. The predicted octanol–water partition coefficient (Wildman–Crippen LogP) is 1.61. The number of hydrogen-bond acceptors (Lipinski definition) is 2. The Kier molecular flexibility index (Phi) is 2.85. The maximum Gasteiger partial charge on any atom is 0.0233 e. The van der Waals surface area contributed by atoms with Crippen LogP contribution in [0, 0.1) is 0 Å². The number of benzene rings is 1. The lowest BCUT2D eigenvalue weighted by Crippen LogP contribution is -2.48. The van der Waals surface area contributed by atoms with Crippen molar-refractivity contribution >= 4 is 0 Å². The van der Waals surface area contributed by atoms with Gasteiger partial charge < -0.3 is 5.73 Å². The van der Waals surface area contributed by atoms with Crippen molar-refractivity contribution in [3.63, 3.8) is 0 Å². The molecule has 2 rings (SSSR count). The van der Waals surface area contributed by atoms with E-state index < -0.39 is 0 Å². The molecule has 1 aliphatic rings. The summed E-state index contributed by atoms with van der Waals surface area (Å²) in [7, 11) is 2.18. The third-order valence-electron chi connectivity index (χ3n) is 3.05. The van der Waals surface area contributed by atoms with E-state index in [0.29, 0.717) is 12.1 Å². The molecule has 0 aliphatic heterocycles. The molecule has 0 bridgehead atoms. The van der Waals surface area contributed by atoms with Gasteiger partial charge in [0.1, 0.15) is 0 Å². The summed E-state index contributed by atoms with van der Waals surface area (Å²) in [6.45, 7) is 1.04. The van der Waals surface area contributed by atoms with E-state index in [2.05, 4.69) is 42.3 Å². The first kappa shape index (κ1) is 9.69. The number of nitrogens with two attached hydrogens (primary N) is 1. The molecular weight excluding hydrogens is 172 g/mol. The van der Waals surface area contributed by atoms with E-state index in [9.17, 15) is 0 Å². The highest BCUT2D eigenvalue weighted by Gasteiger charge is 2.28. The van der Waals surface area contributed by atoms with Crippen LogP contribution in [0.5, 0.6) is 0 Å². The van der Waals surface area contributed by atoms with Gasteiger partial charge in [0.2, 0.25) is 0 Å². The van der Waals surface area contributed by atoms with E-state index in [1.807, 2.05) is 0 Å². The smallest absolute Gasteiger partial charge is 0.0233 e. The Balaban J connectivity index is 1.86. The molecule has 0 radical (unpaired) electrons. The van der Waals surface area contributed by atoms with Gasteiger partial charge in [-0.1, -0.05) is 30.3 Å². The molecule has 0 unspecified atom stereocenters. The second-order valence-corrected chi connectivity index (χ2v) is 4.29. The molecule has 14 heavy (non-hydrogen) atoms. The molecule has 1 fully saturated rings. The van der Waals surface area contributed by atoms with E-state index >= 15 is 0 Å². The van der Waals surface area contributed by atoms with Crippen molar-refractivity contribution in [2.24, 2.45) is 5.73 Å². The lowest BCUT2D eigenvalue weighted by Gasteiger charge is -2.39. The van der Waals surface area contributed by atoms with Gasteiger partial charge in [0, 0.05) is 18.6 Å². The molecule has 1 aliphatic carbocycles. The fourth-order valence-electron chi connectivity index (χ4n) is 1.99. The summed E-state index contributed by atoms with van der Waals surface area (Å²) in [4.78, 5) is 2.40. The normalized spacial score (nSPS) is 26.2. The Labute approximate surface area is 85.7 Å². The van der Waals surface area contributed by atoms with Crippen molar-refractivity contribution in [2.75, 3.05) is 7.05 Å². The molecule has 2 nitrogen and oxygen atoms in total. The SMILES string of the molecule is CN(Cc1ccccc1)C1CC(N)C1. The van der Waals surface area contributed by atoms with Gasteiger partial charge in [-0.3, -0.25) is 4.90 Å². The Bertz CT molecular complexity index is 278. The molecule has 1 aromatic carbocycles. The summed E-state index contributed by atoms with van der Waals surface area (Å²) in [6.07, 6.45) is 2.31. The first-order valence-corrected chi connectivity index (χ1v) is 5.25. The summed E-state index contributed by atoms with van der Waals surface area (Å²) in [5.74, 6) is 0. The molecule has 2 N–H and O–H groups in total. The molecular formula is C12H18N2. The Hall–Kier alpha value is -0.860. The lowest BCUT2D eigenvalue weighted by atomic mass is 9.86. The first-order valence-electron chi connectivity index (χ1n) is 5.25. The van der Waals surface area contributed by atoms with Crippen LogP contribution in [0.15, 0.2) is 30.3 Å². The predicted molar refractivity (Wildman–Crippen MR) is 58.9 cm³/mol. The minimum absolute atomic E-state index is 0.443. The summed E-state index contributed by atoms with van der Waals surface area (Å²) in [5.41, 5.74) is 7.16. The molecule has 2 heteroatoms. The van der Waals surface area contributed by atoms with Gasteiger partial charge in [0.15, 0.2) is 0 Å². The topological polar surface area (TPSA) is 29.3 Å². The zero-order chi connectivity index (χ0) is 9.97. The number of hydrogen-bond donors (Lipinski definition) is 1. The van der Waals surface area contributed by atoms with Crippen LogP contribution in [0.4, 0.5) is 0 Å². The highest BCUT2D eigenvalue weighted by Crippen LogP contribution is 2.23. The van der Waals surface area contributed by atoms with Crippen LogP contribution >= 0.6 is 0 Å². The molecule has 0 amide bonds. The fraction of sp³-hybridized carbons (Fsp3) is 0.500. The second kappa shape index (κ2) is 4.11. The van der Waals surface area contributed by atoms with Crippen LogP contribution in [0.2, 0.25) is 0 Å². The quantitative estimate of drug-likeness (QED) is 0.784. The summed E-state index contributed by atoms with van der Waals surface area (Å²) < 4.78 is 0. The largest absolute Gasteiger partial charge is 0.328 e. The lowest BCUT2D eigenvalue weighted by molar-refractivity contribution is 0.132. The molecule has 1 saturated carbocycles. The molecule has 1 aromatic rings. The Morgan fingerprint density at radius 3 is 2.50 bits per heavy atom. The molecule has 0 heterocycles. The molecule has 0 atom stereocenters. The minimum atomic E-state index is 0.443. The van der Waals surface area contributed by atoms with Gasteiger partial charge in [0.05, 0.1) is 0 Å². The van der Waals surface area contributed by atoms with Gasteiger partial charge >= 0.3 is 0 Å². The average Bonchev–Trinajstić information content (AvgIpc) is 2.14. The highest BCUT2D eigenvalue weighted by atomic mass is 15.1. The van der Waals surface area contributed by atoms with Crippen molar-refractivity contribution in [1.82, 2.24) is 4.90 Å². The summed E-state index contributed by atoms with van der Waals surface area (Å²) in [5, 5.41) is 0. The standard InChI is InChI=1S/C12H18N2/c1-14(12-7-11(13)8-12)9-10-5-3-2-4-6-10/h2-6,11-12H,7-9,13H2,1H3. The van der Waals surface area contributed by atoms with Crippen molar-refractivity contribution in [3.05, 3.63) is 35.9 Å². The van der Waals surface area contributed by atoms with E-state index in [1.165, 1.54) is 5.56 Å². The minimum Gasteiger partial charge on any atom is -0.328 e. The maximum absolute atomic E-state index is 5.77. The third-order valence-corrected chi connectivity index (χ3v) is 3.05. The summed E-state index contributed by atoms with van der Waals surface area (Å²) in [6, 6.07) is 11.7. The van der Waals surface area contributed by atoms with E-state index in [-0.39, 0.29) is 0 Å². The molecule has 0 saturated heterocycles. The van der Waals surface area contributed by atoms with Gasteiger partial charge in [0.25, 0.3) is 0 Å². The van der Waals surface area contributed by atoms with Crippen molar-refractivity contribution in [1.29, 1.82) is 0 Å². The fourth-order valence-corrected chi connectivity index (χ4v) is 1.99. The van der Waals surface area contributed by atoms with Gasteiger partial charge in [-0.25, -0.2) is 0 Å². The number of nitrogens with zero attached hydrogens (tertiary/aromatic N) is 1. The van der Waals surface area contributed by atoms with Gasteiger partial charge in [-0.05, 0) is 25.5 Å². The van der Waals surface area contributed by atoms with Crippen LogP contribution in [0.1, 0.15) is 18.4 Å². The Morgan fingerprint density at radius 2 is 1.93 bits per heavy atom. The van der Waals surface area contributed by atoms with Gasteiger partial charge in [-0.2, -0.15) is 0 Å². The monoisotopic (exact) mass is 190 g/mol. The van der Waals surface area contributed by atoms with E-state index in [0.717, 1.165) is 19.4 Å². The average molecular weight is 190 g/mol. The van der Waals surface area contributed by atoms with Crippen LogP contribution in [-0.2, 0) is 6.54 Å². The zero-order valence-electron chi connectivity index (χ0n) is 8.69. The summed E-state index contributed by atoms with van der Waals surface area (Å²) >= 11 is 0. The van der Waals surface area contributed by atoms with Crippen molar-refractivity contribution in [3.8, 4) is 0 Å². The molecule has 0 aromatic heterocycles. The first-order chi connectivity index (χ1) is 6.75. The zero-order valence-corrected chi connectivity index (χ0v) is 8.69. The second-order valence-electron chi connectivity index (χ2n) is 4.29. The van der Waals surface area contributed by atoms with Crippen molar-refractivity contribution < 1.29 is 0 Å². The Morgan fingerprint density at radius 1 is 1.29 bits per heavy atom. The van der Waals surface area contributed by atoms with Crippen LogP contribution in [0.3, 0.4) is 0 Å². The highest BCUT2D eigenvalue weighted by molar-refractivity contribution is 5.14. The third kappa shape index (κ3) is 2.14. The van der Waals surface area contributed by atoms with E-state index in [1.54, 1.807) is 0 Å².